The van der Waals surface area contributed by atoms with E-state index in [-0.39, 0.29) is 11.7 Å². The van der Waals surface area contributed by atoms with Gasteiger partial charge in [-0.05, 0) is 42.9 Å². The van der Waals surface area contributed by atoms with Crippen molar-refractivity contribution in [3.05, 3.63) is 29.6 Å². The van der Waals surface area contributed by atoms with Crippen LogP contribution in [0.3, 0.4) is 0 Å². The van der Waals surface area contributed by atoms with E-state index in [1.807, 2.05) is 0 Å². The van der Waals surface area contributed by atoms with E-state index in [9.17, 15) is 9.50 Å². The number of rotatable bonds is 3. The number of benzene rings is 1. The average molecular weight is 252 g/mol. The van der Waals surface area contributed by atoms with Crippen molar-refractivity contribution in [2.45, 2.75) is 38.7 Å². The van der Waals surface area contributed by atoms with Gasteiger partial charge in [0.15, 0.2) is 0 Å². The molecule has 0 aliphatic heterocycles. The summed E-state index contributed by atoms with van der Waals surface area (Å²) in [5, 5.41) is 10.4. The summed E-state index contributed by atoms with van der Waals surface area (Å²) < 4.78 is 18.5. The summed E-state index contributed by atoms with van der Waals surface area (Å²) >= 11 is 0. The molecule has 1 atom stereocenters. The highest BCUT2D eigenvalue weighted by atomic mass is 19.1. The monoisotopic (exact) mass is 252 g/mol. The second-order valence-corrected chi connectivity index (χ2v) is 5.35. The van der Waals surface area contributed by atoms with Gasteiger partial charge in [-0.3, -0.25) is 0 Å². The summed E-state index contributed by atoms with van der Waals surface area (Å²) in [6.07, 6.45) is 3.66. The molecule has 1 aromatic carbocycles. The van der Waals surface area contributed by atoms with Crippen molar-refractivity contribution >= 4 is 0 Å². The molecule has 100 valence electrons. The van der Waals surface area contributed by atoms with E-state index in [4.69, 9.17) is 4.74 Å². The molecular formula is C15H21FO2. The Bertz CT molecular complexity index is 397. The Labute approximate surface area is 108 Å². The van der Waals surface area contributed by atoms with Crippen molar-refractivity contribution in [2.75, 3.05) is 7.11 Å². The number of aliphatic hydroxyl groups excluding tert-OH is 1. The molecular weight excluding hydrogens is 231 g/mol. The van der Waals surface area contributed by atoms with Crippen molar-refractivity contribution in [1.82, 2.24) is 0 Å². The zero-order valence-corrected chi connectivity index (χ0v) is 11.0. The minimum absolute atomic E-state index is 0.219. The molecule has 2 rings (SSSR count). The minimum atomic E-state index is -0.622. The Morgan fingerprint density at radius 1 is 1.28 bits per heavy atom. The second kappa shape index (κ2) is 5.70. The van der Waals surface area contributed by atoms with Crippen molar-refractivity contribution < 1.29 is 14.2 Å². The fourth-order valence-corrected chi connectivity index (χ4v) is 2.79. The van der Waals surface area contributed by atoms with Crippen LogP contribution >= 0.6 is 0 Å². The highest BCUT2D eigenvalue weighted by Crippen LogP contribution is 2.39. The maximum Gasteiger partial charge on any atom is 0.124 e. The van der Waals surface area contributed by atoms with Gasteiger partial charge >= 0.3 is 0 Å². The highest BCUT2D eigenvalue weighted by molar-refractivity contribution is 5.36. The lowest BCUT2D eigenvalue weighted by molar-refractivity contribution is 0.0731. The van der Waals surface area contributed by atoms with Crippen LogP contribution in [0.25, 0.3) is 0 Å². The molecule has 0 radical (unpaired) electrons. The fourth-order valence-electron chi connectivity index (χ4n) is 2.79. The highest BCUT2D eigenvalue weighted by Gasteiger charge is 2.27. The van der Waals surface area contributed by atoms with Gasteiger partial charge in [0.2, 0.25) is 0 Å². The summed E-state index contributed by atoms with van der Waals surface area (Å²) in [7, 11) is 1.55. The molecule has 0 saturated heterocycles. The molecule has 1 aliphatic carbocycles. The van der Waals surface area contributed by atoms with Gasteiger partial charge < -0.3 is 9.84 Å². The predicted molar refractivity (Wildman–Crippen MR) is 69.0 cm³/mol. The molecule has 0 spiro atoms. The first-order valence-electron chi connectivity index (χ1n) is 6.63. The molecule has 0 amide bonds. The number of hydrogen-bond donors (Lipinski definition) is 1. The van der Waals surface area contributed by atoms with Gasteiger partial charge in [0.1, 0.15) is 11.6 Å². The third-order valence-electron chi connectivity index (χ3n) is 4.02. The summed E-state index contributed by atoms with van der Waals surface area (Å²) in [6.45, 7) is 2.24. The van der Waals surface area contributed by atoms with E-state index in [0.29, 0.717) is 11.3 Å². The molecule has 1 saturated carbocycles. The van der Waals surface area contributed by atoms with Crippen LogP contribution in [0.15, 0.2) is 18.2 Å². The van der Waals surface area contributed by atoms with Gasteiger partial charge in [-0.15, -0.1) is 0 Å². The molecule has 1 N–H and O–H groups in total. The minimum Gasteiger partial charge on any atom is -0.496 e. The normalized spacial score (nSPS) is 25.8. The number of ether oxygens (including phenoxy) is 1. The predicted octanol–water partition coefficient (Wildman–Crippen LogP) is 3.69. The molecule has 3 heteroatoms. The first kappa shape index (κ1) is 13.3. The third-order valence-corrected chi connectivity index (χ3v) is 4.02. The van der Waals surface area contributed by atoms with Gasteiger partial charge in [0.25, 0.3) is 0 Å². The average Bonchev–Trinajstić information content (AvgIpc) is 2.39. The number of methoxy groups -OCH3 is 1. The Balaban J connectivity index is 2.17. The van der Waals surface area contributed by atoms with Crippen LogP contribution in [0.1, 0.15) is 44.3 Å². The van der Waals surface area contributed by atoms with Crippen molar-refractivity contribution in [1.29, 1.82) is 0 Å². The van der Waals surface area contributed by atoms with Crippen molar-refractivity contribution in [2.24, 2.45) is 11.8 Å². The number of aliphatic hydroxyl groups is 1. The molecule has 18 heavy (non-hydrogen) atoms. The molecule has 1 fully saturated rings. The lowest BCUT2D eigenvalue weighted by Gasteiger charge is -2.30. The third kappa shape index (κ3) is 2.83. The van der Waals surface area contributed by atoms with Crippen LogP contribution in [0.5, 0.6) is 5.75 Å². The van der Waals surface area contributed by atoms with Gasteiger partial charge in [-0.25, -0.2) is 4.39 Å². The first-order chi connectivity index (χ1) is 8.61. The van der Waals surface area contributed by atoms with Gasteiger partial charge in [-0.2, -0.15) is 0 Å². The maximum absolute atomic E-state index is 13.3. The number of hydrogen-bond acceptors (Lipinski definition) is 2. The lowest BCUT2D eigenvalue weighted by Crippen LogP contribution is -2.19. The quantitative estimate of drug-likeness (QED) is 0.889. The smallest absolute Gasteiger partial charge is 0.124 e. The topological polar surface area (TPSA) is 29.5 Å². The summed E-state index contributed by atoms with van der Waals surface area (Å²) in [5.74, 6) is 1.20. The van der Waals surface area contributed by atoms with E-state index in [2.05, 4.69) is 6.92 Å². The lowest BCUT2D eigenvalue weighted by atomic mass is 9.78. The van der Waals surface area contributed by atoms with Gasteiger partial charge in [0.05, 0.1) is 13.2 Å². The van der Waals surface area contributed by atoms with Crippen LogP contribution in [-0.4, -0.2) is 12.2 Å². The van der Waals surface area contributed by atoms with E-state index < -0.39 is 6.10 Å². The van der Waals surface area contributed by atoms with Gasteiger partial charge in [0, 0.05) is 5.56 Å². The Kier molecular flexibility index (Phi) is 4.23. The van der Waals surface area contributed by atoms with Crippen LogP contribution < -0.4 is 4.74 Å². The van der Waals surface area contributed by atoms with Gasteiger partial charge in [-0.1, -0.05) is 19.8 Å². The molecule has 1 aliphatic rings. The van der Waals surface area contributed by atoms with Crippen molar-refractivity contribution in [3.8, 4) is 5.75 Å². The van der Waals surface area contributed by atoms with Crippen molar-refractivity contribution in [3.63, 3.8) is 0 Å². The first-order valence-corrected chi connectivity index (χ1v) is 6.63. The second-order valence-electron chi connectivity index (χ2n) is 5.35. The molecule has 1 aromatic rings. The molecule has 0 bridgehead atoms. The van der Waals surface area contributed by atoms with E-state index in [1.54, 1.807) is 13.2 Å². The summed E-state index contributed by atoms with van der Waals surface area (Å²) in [6, 6.07) is 4.33. The Morgan fingerprint density at radius 2 is 1.94 bits per heavy atom. The molecule has 0 heterocycles. The Morgan fingerprint density at radius 3 is 2.56 bits per heavy atom. The SMILES string of the molecule is COc1ccc(F)cc1C(O)C1CCC(C)CC1. The summed E-state index contributed by atoms with van der Waals surface area (Å²) in [4.78, 5) is 0. The Hall–Kier alpha value is -1.09. The van der Waals surface area contributed by atoms with E-state index >= 15 is 0 Å². The number of halogens is 1. The molecule has 0 aromatic heterocycles. The van der Waals surface area contributed by atoms with Crippen LogP contribution in [0, 0.1) is 17.7 Å². The fraction of sp³-hybridized carbons (Fsp3) is 0.600. The van der Waals surface area contributed by atoms with E-state index in [0.717, 1.165) is 31.6 Å². The maximum atomic E-state index is 13.3. The van der Waals surface area contributed by atoms with E-state index in [1.165, 1.54) is 12.1 Å². The van der Waals surface area contributed by atoms with Crippen LogP contribution in [0.4, 0.5) is 4.39 Å². The zero-order valence-electron chi connectivity index (χ0n) is 11.0. The molecule has 1 unspecified atom stereocenters. The largest absolute Gasteiger partial charge is 0.496 e. The van der Waals surface area contributed by atoms with Crippen LogP contribution in [-0.2, 0) is 0 Å². The molecule has 2 nitrogen and oxygen atoms in total. The summed E-state index contributed by atoms with van der Waals surface area (Å²) in [5.41, 5.74) is 0.581. The zero-order chi connectivity index (χ0) is 13.1. The standard InChI is InChI=1S/C15H21FO2/c1-10-3-5-11(6-4-10)15(17)13-9-12(16)7-8-14(13)18-2/h7-11,15,17H,3-6H2,1-2H3. The van der Waals surface area contributed by atoms with Crippen LogP contribution in [0.2, 0.25) is 0 Å².